The van der Waals surface area contributed by atoms with Crippen LogP contribution in [0.25, 0.3) is 0 Å². The number of fused-ring (bicyclic) bond motifs is 1. The molecule has 3 rings (SSSR count). The molecular formula is C18H25IN4O2S2. The molecule has 148 valence electrons. The van der Waals surface area contributed by atoms with Crippen LogP contribution in [0.5, 0.6) is 0 Å². The summed E-state index contributed by atoms with van der Waals surface area (Å²) >= 11 is 1.73. The molecule has 1 aromatic heterocycles. The molecule has 0 atom stereocenters. The Kier molecular flexibility index (Phi) is 8.36. The predicted octanol–water partition coefficient (Wildman–Crippen LogP) is 2.47. The molecule has 0 aliphatic carbocycles. The fourth-order valence-electron chi connectivity index (χ4n) is 2.99. The van der Waals surface area contributed by atoms with Crippen LogP contribution in [0, 0.1) is 0 Å². The number of guanidine groups is 1. The summed E-state index contributed by atoms with van der Waals surface area (Å²) in [6.07, 6.45) is 1.69. The molecule has 2 N–H and O–H groups in total. The van der Waals surface area contributed by atoms with Crippen molar-refractivity contribution >= 4 is 57.0 Å². The van der Waals surface area contributed by atoms with E-state index in [-0.39, 0.29) is 29.7 Å². The minimum atomic E-state index is -3.34. The average Bonchev–Trinajstić information content (AvgIpc) is 3.30. The number of para-hydroxylation sites is 1. The lowest BCUT2D eigenvalue weighted by Crippen LogP contribution is -2.42. The van der Waals surface area contributed by atoms with Crippen molar-refractivity contribution in [2.24, 2.45) is 4.99 Å². The van der Waals surface area contributed by atoms with E-state index in [4.69, 9.17) is 0 Å². The van der Waals surface area contributed by atoms with E-state index in [2.05, 4.69) is 27.1 Å². The molecule has 0 unspecified atom stereocenters. The molecule has 2 heterocycles. The van der Waals surface area contributed by atoms with Crippen molar-refractivity contribution in [3.05, 3.63) is 52.2 Å². The minimum absolute atomic E-state index is 0. The van der Waals surface area contributed by atoms with Gasteiger partial charge in [0.15, 0.2) is 5.96 Å². The van der Waals surface area contributed by atoms with Gasteiger partial charge in [0.25, 0.3) is 0 Å². The van der Waals surface area contributed by atoms with Gasteiger partial charge in [-0.1, -0.05) is 24.3 Å². The van der Waals surface area contributed by atoms with Crippen LogP contribution in [0.4, 0.5) is 5.69 Å². The van der Waals surface area contributed by atoms with Crippen LogP contribution in [-0.4, -0.2) is 46.8 Å². The van der Waals surface area contributed by atoms with Gasteiger partial charge in [0.05, 0.1) is 11.4 Å². The van der Waals surface area contributed by atoms with Gasteiger partial charge >= 0.3 is 0 Å². The molecule has 27 heavy (non-hydrogen) atoms. The van der Waals surface area contributed by atoms with Crippen molar-refractivity contribution in [2.45, 2.75) is 12.8 Å². The Balaban J connectivity index is 0.00000261. The van der Waals surface area contributed by atoms with E-state index in [1.807, 2.05) is 30.3 Å². The first-order chi connectivity index (χ1) is 12.6. The lowest BCUT2D eigenvalue weighted by atomic mass is 10.2. The van der Waals surface area contributed by atoms with Gasteiger partial charge in [-0.3, -0.25) is 9.30 Å². The van der Waals surface area contributed by atoms with Gasteiger partial charge in [0.2, 0.25) is 10.0 Å². The number of hydrogen-bond acceptors (Lipinski definition) is 4. The Labute approximate surface area is 182 Å². The van der Waals surface area contributed by atoms with Gasteiger partial charge in [-0.15, -0.1) is 35.3 Å². The Morgan fingerprint density at radius 2 is 1.96 bits per heavy atom. The molecule has 1 aliphatic rings. The SMILES string of the molecule is CN=C(NCCc1cccs1)NCCS(=O)(=O)N1CCc2ccccc21.I. The van der Waals surface area contributed by atoms with Crippen LogP contribution in [0.1, 0.15) is 10.4 Å². The number of benzene rings is 1. The highest BCUT2D eigenvalue weighted by Crippen LogP contribution is 2.29. The zero-order valence-corrected chi connectivity index (χ0v) is 19.2. The number of rotatable bonds is 7. The van der Waals surface area contributed by atoms with Crippen molar-refractivity contribution in [3.8, 4) is 0 Å². The highest BCUT2D eigenvalue weighted by molar-refractivity contribution is 14.0. The number of hydrogen-bond donors (Lipinski definition) is 2. The standard InChI is InChI=1S/C18H24N4O2S2.HI/c1-19-18(20-10-8-16-6-4-13-25-16)21-11-14-26(23,24)22-12-9-15-5-2-3-7-17(15)22;/h2-7,13H,8-12,14H2,1H3,(H2,19,20,21);1H. The lowest BCUT2D eigenvalue weighted by molar-refractivity contribution is 0.591. The summed E-state index contributed by atoms with van der Waals surface area (Å²) in [6.45, 7) is 1.60. The maximum Gasteiger partial charge on any atom is 0.236 e. The number of nitrogens with one attached hydrogen (secondary N) is 2. The summed E-state index contributed by atoms with van der Waals surface area (Å²) in [5.41, 5.74) is 1.90. The number of thiophene rings is 1. The largest absolute Gasteiger partial charge is 0.356 e. The summed E-state index contributed by atoms with van der Waals surface area (Å²) in [5, 5.41) is 8.37. The monoisotopic (exact) mass is 520 g/mol. The molecule has 0 radical (unpaired) electrons. The minimum Gasteiger partial charge on any atom is -0.356 e. The number of halogens is 1. The molecule has 0 bridgehead atoms. The average molecular weight is 520 g/mol. The van der Waals surface area contributed by atoms with Gasteiger partial charge in [-0.05, 0) is 35.9 Å². The number of anilines is 1. The van der Waals surface area contributed by atoms with Crippen LogP contribution < -0.4 is 14.9 Å². The Hall–Kier alpha value is -1.33. The predicted molar refractivity (Wildman–Crippen MR) is 124 cm³/mol. The van der Waals surface area contributed by atoms with Crippen LogP contribution in [-0.2, 0) is 22.9 Å². The van der Waals surface area contributed by atoms with Gasteiger partial charge in [-0.2, -0.15) is 0 Å². The fraction of sp³-hybridized carbons (Fsp3) is 0.389. The zero-order valence-electron chi connectivity index (χ0n) is 15.2. The van der Waals surface area contributed by atoms with E-state index in [9.17, 15) is 8.42 Å². The van der Waals surface area contributed by atoms with Crippen molar-refractivity contribution < 1.29 is 8.42 Å². The summed E-state index contributed by atoms with van der Waals surface area (Å²) in [4.78, 5) is 5.46. The van der Waals surface area contributed by atoms with E-state index in [0.717, 1.165) is 30.6 Å². The molecule has 0 saturated heterocycles. The Bertz CT molecular complexity index is 854. The van der Waals surface area contributed by atoms with Gasteiger partial charge in [0, 0.05) is 31.6 Å². The van der Waals surface area contributed by atoms with Gasteiger partial charge in [-0.25, -0.2) is 8.42 Å². The second-order valence-corrected chi connectivity index (χ2v) is 9.07. The molecule has 0 amide bonds. The van der Waals surface area contributed by atoms with Crippen molar-refractivity contribution in [1.82, 2.24) is 10.6 Å². The molecule has 0 fully saturated rings. The van der Waals surface area contributed by atoms with Crippen molar-refractivity contribution in [3.63, 3.8) is 0 Å². The summed E-state index contributed by atoms with van der Waals surface area (Å²) < 4.78 is 26.8. The maximum absolute atomic E-state index is 12.7. The molecular weight excluding hydrogens is 495 g/mol. The highest BCUT2D eigenvalue weighted by atomic mass is 127. The number of sulfonamides is 1. The van der Waals surface area contributed by atoms with Crippen molar-refractivity contribution in [1.29, 1.82) is 0 Å². The normalized spacial score (nSPS) is 13.8. The van der Waals surface area contributed by atoms with Gasteiger partial charge in [0.1, 0.15) is 0 Å². The highest BCUT2D eigenvalue weighted by Gasteiger charge is 2.28. The second kappa shape index (κ2) is 10.3. The molecule has 1 aliphatic heterocycles. The first kappa shape index (κ1) is 22.0. The Morgan fingerprint density at radius 3 is 2.70 bits per heavy atom. The van der Waals surface area contributed by atoms with E-state index < -0.39 is 10.0 Å². The number of aliphatic imine (C=N–C) groups is 1. The number of nitrogens with zero attached hydrogens (tertiary/aromatic N) is 2. The van der Waals surface area contributed by atoms with Gasteiger partial charge < -0.3 is 10.6 Å². The quantitative estimate of drug-likeness (QED) is 0.334. The van der Waals surface area contributed by atoms with E-state index in [0.29, 0.717) is 19.0 Å². The van der Waals surface area contributed by atoms with Crippen LogP contribution in [0.3, 0.4) is 0 Å². The first-order valence-electron chi connectivity index (χ1n) is 8.65. The third-order valence-corrected chi connectivity index (χ3v) is 7.01. The van der Waals surface area contributed by atoms with E-state index >= 15 is 0 Å². The topological polar surface area (TPSA) is 73.8 Å². The summed E-state index contributed by atoms with van der Waals surface area (Å²) in [5.74, 6) is 0.658. The Morgan fingerprint density at radius 1 is 1.19 bits per heavy atom. The van der Waals surface area contributed by atoms with Crippen LogP contribution >= 0.6 is 35.3 Å². The fourth-order valence-corrected chi connectivity index (χ4v) is 5.12. The van der Waals surface area contributed by atoms with Crippen LogP contribution in [0.15, 0.2) is 46.8 Å². The second-order valence-electron chi connectivity index (χ2n) is 6.02. The molecule has 0 spiro atoms. The van der Waals surface area contributed by atoms with Crippen LogP contribution in [0.2, 0.25) is 0 Å². The third-order valence-electron chi connectivity index (χ3n) is 4.30. The third kappa shape index (κ3) is 5.82. The first-order valence-corrected chi connectivity index (χ1v) is 11.1. The molecule has 2 aromatic rings. The maximum atomic E-state index is 12.7. The van der Waals surface area contributed by atoms with E-state index in [1.54, 1.807) is 18.4 Å². The molecule has 1 aromatic carbocycles. The molecule has 0 saturated carbocycles. The summed E-state index contributed by atoms with van der Waals surface area (Å²) in [7, 11) is -1.66. The van der Waals surface area contributed by atoms with E-state index in [1.165, 1.54) is 9.18 Å². The molecule has 9 heteroatoms. The lowest BCUT2D eigenvalue weighted by Gasteiger charge is -2.20. The molecule has 6 nitrogen and oxygen atoms in total. The summed E-state index contributed by atoms with van der Waals surface area (Å²) in [6, 6.07) is 11.8. The zero-order chi connectivity index (χ0) is 18.4. The smallest absolute Gasteiger partial charge is 0.236 e. The van der Waals surface area contributed by atoms with Crippen molar-refractivity contribution in [2.75, 3.05) is 36.7 Å².